The van der Waals surface area contributed by atoms with Crippen LogP contribution in [0.2, 0.25) is 0 Å². The van der Waals surface area contributed by atoms with E-state index in [0.29, 0.717) is 12.2 Å². The Morgan fingerprint density at radius 3 is 2.32 bits per heavy atom. The van der Waals surface area contributed by atoms with Crippen LogP contribution in [-0.4, -0.2) is 5.11 Å². The molecule has 0 saturated heterocycles. The molecule has 0 amide bonds. The maximum atomic E-state index is 10.8. The van der Waals surface area contributed by atoms with Crippen LogP contribution in [0, 0.1) is 0 Å². The second-order valence-corrected chi connectivity index (χ2v) is 7.87. The van der Waals surface area contributed by atoms with Gasteiger partial charge in [-0.2, -0.15) is 10.2 Å². The third kappa shape index (κ3) is 4.55. The predicted molar refractivity (Wildman–Crippen MR) is 117 cm³/mol. The lowest BCUT2D eigenvalue weighted by Crippen LogP contribution is -2.12. The van der Waals surface area contributed by atoms with Gasteiger partial charge in [0.15, 0.2) is 0 Å². The lowest BCUT2D eigenvalue weighted by atomic mass is 9.84. The molecular weight excluding hydrogens is 344 g/mol. The first-order valence-corrected chi connectivity index (χ1v) is 9.42. The normalized spacial score (nSPS) is 11.7. The molecule has 28 heavy (non-hydrogen) atoms. The molecule has 0 aliphatic heterocycles. The summed E-state index contributed by atoms with van der Waals surface area (Å²) in [6.07, 6.45) is 2.37. The zero-order valence-electron chi connectivity index (χ0n) is 16.7. The van der Waals surface area contributed by atoms with Gasteiger partial charge in [-0.25, -0.2) is 0 Å². The molecule has 1 N–H and O–H groups in total. The summed E-state index contributed by atoms with van der Waals surface area (Å²) in [6, 6.07) is 21.6. The average molecular weight is 370 g/mol. The third-order valence-corrected chi connectivity index (χ3v) is 4.68. The Labute approximate surface area is 167 Å². The first-order valence-electron chi connectivity index (χ1n) is 9.42. The van der Waals surface area contributed by atoms with Crippen molar-refractivity contribution in [3.63, 3.8) is 0 Å². The molecule has 3 aromatic rings. The molecule has 3 nitrogen and oxygen atoms in total. The van der Waals surface area contributed by atoms with Gasteiger partial charge in [0.2, 0.25) is 0 Å². The number of aromatic hydroxyl groups is 1. The first-order chi connectivity index (χ1) is 13.4. The van der Waals surface area contributed by atoms with E-state index in [1.54, 1.807) is 6.08 Å². The van der Waals surface area contributed by atoms with Crippen molar-refractivity contribution in [2.75, 3.05) is 0 Å². The highest BCUT2D eigenvalue weighted by Crippen LogP contribution is 2.35. The van der Waals surface area contributed by atoms with Crippen LogP contribution in [0.4, 0.5) is 11.4 Å². The van der Waals surface area contributed by atoms with Gasteiger partial charge in [-0.05, 0) is 45.9 Å². The molecule has 3 heteroatoms. The molecule has 0 heterocycles. The van der Waals surface area contributed by atoms with Crippen molar-refractivity contribution in [1.29, 1.82) is 0 Å². The number of rotatable bonds is 5. The summed E-state index contributed by atoms with van der Waals surface area (Å²) in [5, 5.41) is 19.7. The van der Waals surface area contributed by atoms with Gasteiger partial charge < -0.3 is 5.11 Å². The standard InChI is InChI=1S/C25H26N2O/c1-5-18-14-15-19(23(16-18)27-26-21-11-7-6-8-12-21)17-20-10-9-13-22(24(20)28)25(2,3)4/h5-16,28H,1,17H2,2-4H3. The minimum atomic E-state index is -0.122. The monoisotopic (exact) mass is 370 g/mol. The Hall–Kier alpha value is -3.20. The lowest BCUT2D eigenvalue weighted by Gasteiger charge is -2.22. The largest absolute Gasteiger partial charge is 0.507 e. The van der Waals surface area contributed by atoms with Gasteiger partial charge >= 0.3 is 0 Å². The quantitative estimate of drug-likeness (QED) is 0.469. The van der Waals surface area contributed by atoms with E-state index in [1.165, 1.54) is 0 Å². The van der Waals surface area contributed by atoms with Crippen molar-refractivity contribution in [3.8, 4) is 5.75 Å². The van der Waals surface area contributed by atoms with E-state index in [0.717, 1.165) is 33.6 Å². The fraction of sp³-hybridized carbons (Fsp3) is 0.200. The zero-order chi connectivity index (χ0) is 20.1. The van der Waals surface area contributed by atoms with Crippen LogP contribution in [0.1, 0.15) is 43.0 Å². The molecule has 3 aromatic carbocycles. The predicted octanol–water partition coefficient (Wildman–Crippen LogP) is 7.34. The molecule has 0 bridgehead atoms. The SMILES string of the molecule is C=Cc1ccc(Cc2cccc(C(C)(C)C)c2O)c(N=Nc2ccccc2)c1. The molecule has 3 rings (SSSR count). The van der Waals surface area contributed by atoms with Crippen molar-refractivity contribution in [2.24, 2.45) is 10.2 Å². The van der Waals surface area contributed by atoms with E-state index in [4.69, 9.17) is 0 Å². The Morgan fingerprint density at radius 1 is 0.893 bits per heavy atom. The number of azo groups is 1. The van der Waals surface area contributed by atoms with E-state index in [2.05, 4.69) is 37.6 Å². The Balaban J connectivity index is 1.99. The summed E-state index contributed by atoms with van der Waals surface area (Å²) < 4.78 is 0. The van der Waals surface area contributed by atoms with Crippen molar-refractivity contribution in [2.45, 2.75) is 32.6 Å². The number of hydrogen-bond donors (Lipinski definition) is 1. The number of phenolic OH excluding ortho intramolecular Hbond substituents is 1. The average Bonchev–Trinajstić information content (AvgIpc) is 2.68. The van der Waals surface area contributed by atoms with Crippen molar-refractivity contribution in [1.82, 2.24) is 0 Å². The van der Waals surface area contributed by atoms with Gasteiger partial charge in [0, 0.05) is 6.42 Å². The van der Waals surface area contributed by atoms with E-state index in [1.807, 2.05) is 66.7 Å². The minimum absolute atomic E-state index is 0.122. The van der Waals surface area contributed by atoms with Crippen LogP contribution < -0.4 is 0 Å². The summed E-state index contributed by atoms with van der Waals surface area (Å²) in [5.41, 5.74) is 5.28. The molecule has 142 valence electrons. The van der Waals surface area contributed by atoms with Gasteiger partial charge in [-0.1, -0.05) is 82.0 Å². The van der Waals surface area contributed by atoms with Crippen LogP contribution in [0.5, 0.6) is 5.75 Å². The first kappa shape index (κ1) is 19.6. The lowest BCUT2D eigenvalue weighted by molar-refractivity contribution is 0.441. The number of benzene rings is 3. The smallest absolute Gasteiger partial charge is 0.122 e. The molecule has 0 atom stereocenters. The highest BCUT2D eigenvalue weighted by Gasteiger charge is 2.20. The van der Waals surface area contributed by atoms with Crippen LogP contribution in [0.3, 0.4) is 0 Å². The highest BCUT2D eigenvalue weighted by molar-refractivity contribution is 5.59. The van der Waals surface area contributed by atoms with Gasteiger partial charge in [0.25, 0.3) is 0 Å². The summed E-state index contributed by atoms with van der Waals surface area (Å²) in [5.74, 6) is 0.355. The fourth-order valence-electron chi connectivity index (χ4n) is 3.10. The zero-order valence-corrected chi connectivity index (χ0v) is 16.7. The molecule has 0 aliphatic carbocycles. The molecular formula is C25H26N2O. The molecule has 0 aromatic heterocycles. The number of hydrogen-bond acceptors (Lipinski definition) is 3. The second kappa shape index (κ2) is 8.22. The van der Waals surface area contributed by atoms with Crippen LogP contribution in [0.25, 0.3) is 6.08 Å². The molecule has 0 spiro atoms. The van der Waals surface area contributed by atoms with E-state index < -0.39 is 0 Å². The number of nitrogens with zero attached hydrogens (tertiary/aromatic N) is 2. The van der Waals surface area contributed by atoms with E-state index in [-0.39, 0.29) is 5.41 Å². The minimum Gasteiger partial charge on any atom is -0.507 e. The maximum Gasteiger partial charge on any atom is 0.122 e. The van der Waals surface area contributed by atoms with Crippen molar-refractivity contribution < 1.29 is 5.11 Å². The third-order valence-electron chi connectivity index (χ3n) is 4.68. The van der Waals surface area contributed by atoms with Gasteiger partial charge in [0.05, 0.1) is 11.4 Å². The summed E-state index contributed by atoms with van der Waals surface area (Å²) in [4.78, 5) is 0. The molecule has 0 fully saturated rings. The van der Waals surface area contributed by atoms with Crippen LogP contribution in [0.15, 0.2) is 83.5 Å². The van der Waals surface area contributed by atoms with E-state index in [9.17, 15) is 5.11 Å². The maximum absolute atomic E-state index is 10.8. The topological polar surface area (TPSA) is 45.0 Å². The molecule has 0 aliphatic rings. The summed E-state index contributed by atoms with van der Waals surface area (Å²) >= 11 is 0. The van der Waals surface area contributed by atoms with Gasteiger partial charge in [0.1, 0.15) is 5.75 Å². The van der Waals surface area contributed by atoms with E-state index >= 15 is 0 Å². The molecule has 0 saturated carbocycles. The fourth-order valence-corrected chi connectivity index (χ4v) is 3.10. The van der Waals surface area contributed by atoms with Gasteiger partial charge in [-0.3, -0.25) is 0 Å². The number of phenols is 1. The van der Waals surface area contributed by atoms with Crippen molar-refractivity contribution in [3.05, 3.63) is 95.6 Å². The summed E-state index contributed by atoms with van der Waals surface area (Å²) in [7, 11) is 0. The Bertz CT molecular complexity index is 999. The second-order valence-electron chi connectivity index (χ2n) is 7.87. The van der Waals surface area contributed by atoms with Crippen LogP contribution >= 0.6 is 0 Å². The molecule has 0 radical (unpaired) electrons. The highest BCUT2D eigenvalue weighted by atomic mass is 16.3. The van der Waals surface area contributed by atoms with Crippen LogP contribution in [-0.2, 0) is 11.8 Å². The van der Waals surface area contributed by atoms with Gasteiger partial charge in [-0.15, -0.1) is 0 Å². The Kier molecular flexibility index (Phi) is 5.74. The molecule has 0 unspecified atom stereocenters. The number of para-hydroxylation sites is 1. The van der Waals surface area contributed by atoms with Crippen molar-refractivity contribution >= 4 is 17.5 Å². The Morgan fingerprint density at radius 2 is 1.64 bits per heavy atom. The summed E-state index contributed by atoms with van der Waals surface area (Å²) in [6.45, 7) is 10.1.